The Balaban J connectivity index is 2.20. The van der Waals surface area contributed by atoms with Crippen molar-refractivity contribution >= 4 is 17.5 Å². The molecular formula is C12H13ClF3N5O. The lowest BCUT2D eigenvalue weighted by Gasteiger charge is -2.06. The van der Waals surface area contributed by atoms with Crippen LogP contribution in [0.5, 0.6) is 0 Å². The largest absolute Gasteiger partial charge is 0.436 e. The summed E-state index contributed by atoms with van der Waals surface area (Å²) in [7, 11) is 2.97. The number of hydrogen-bond acceptors (Lipinski definition) is 3. The van der Waals surface area contributed by atoms with Crippen molar-refractivity contribution in [1.29, 1.82) is 0 Å². The number of rotatable bonds is 3. The average Bonchev–Trinajstić information content (AvgIpc) is 2.88. The highest BCUT2D eigenvalue weighted by Gasteiger charge is 2.39. The van der Waals surface area contributed by atoms with Crippen LogP contribution in [0.25, 0.3) is 0 Å². The van der Waals surface area contributed by atoms with Crippen molar-refractivity contribution in [2.24, 2.45) is 14.1 Å². The van der Waals surface area contributed by atoms with E-state index in [-0.39, 0.29) is 12.2 Å². The van der Waals surface area contributed by atoms with Crippen molar-refractivity contribution in [2.45, 2.75) is 19.6 Å². The van der Waals surface area contributed by atoms with Crippen molar-refractivity contribution < 1.29 is 18.0 Å². The molecule has 0 unspecified atom stereocenters. The Hall–Kier alpha value is -2.03. The molecule has 0 aliphatic carbocycles. The van der Waals surface area contributed by atoms with E-state index in [0.29, 0.717) is 0 Å². The number of carbonyl (C=O) groups excluding carboxylic acids is 1. The van der Waals surface area contributed by atoms with Crippen LogP contribution in [-0.2, 0) is 26.8 Å². The first-order valence-corrected chi connectivity index (χ1v) is 6.56. The third kappa shape index (κ3) is 2.94. The van der Waals surface area contributed by atoms with Crippen LogP contribution >= 0.6 is 11.6 Å². The topological polar surface area (TPSA) is 64.7 Å². The molecule has 0 atom stereocenters. The van der Waals surface area contributed by atoms with Gasteiger partial charge in [-0.15, -0.1) is 0 Å². The molecule has 10 heteroatoms. The van der Waals surface area contributed by atoms with E-state index in [1.807, 2.05) is 6.92 Å². The number of halogens is 4. The molecule has 2 aromatic heterocycles. The van der Waals surface area contributed by atoms with Gasteiger partial charge in [-0.25, -0.2) is 0 Å². The second-order valence-corrected chi connectivity index (χ2v) is 5.07. The fourth-order valence-corrected chi connectivity index (χ4v) is 2.26. The minimum Gasteiger partial charge on any atom is -0.346 e. The molecule has 1 amide bonds. The molecule has 0 saturated heterocycles. The Labute approximate surface area is 128 Å². The van der Waals surface area contributed by atoms with Crippen molar-refractivity contribution in [3.8, 4) is 0 Å². The molecule has 2 rings (SSSR count). The molecule has 6 nitrogen and oxygen atoms in total. The molecule has 0 bridgehead atoms. The first-order chi connectivity index (χ1) is 10.1. The number of hydrogen-bond donors (Lipinski definition) is 1. The van der Waals surface area contributed by atoms with E-state index in [1.54, 1.807) is 17.9 Å². The number of aromatic nitrogens is 4. The molecule has 120 valence electrons. The predicted octanol–water partition coefficient (Wildman–Crippen LogP) is 2.06. The summed E-state index contributed by atoms with van der Waals surface area (Å²) in [6, 6.07) is 0. The fourth-order valence-electron chi connectivity index (χ4n) is 1.90. The SMILES string of the molecule is Cc1c(CNC(=O)c2c(Cl)c(C(F)(F)F)nn2C)cnn1C. The molecule has 0 aliphatic heterocycles. The quantitative estimate of drug-likeness (QED) is 0.934. The summed E-state index contributed by atoms with van der Waals surface area (Å²) in [6.45, 7) is 1.94. The zero-order valence-electron chi connectivity index (χ0n) is 12.0. The van der Waals surface area contributed by atoms with Crippen molar-refractivity contribution in [3.63, 3.8) is 0 Å². The first kappa shape index (κ1) is 16.3. The van der Waals surface area contributed by atoms with Gasteiger partial charge in [0.15, 0.2) is 5.69 Å². The fraction of sp³-hybridized carbons (Fsp3) is 0.417. The smallest absolute Gasteiger partial charge is 0.346 e. The Kier molecular flexibility index (Phi) is 4.19. The Morgan fingerprint density at radius 3 is 2.45 bits per heavy atom. The van der Waals surface area contributed by atoms with Gasteiger partial charge in [0.2, 0.25) is 0 Å². The molecular weight excluding hydrogens is 323 g/mol. The summed E-state index contributed by atoms with van der Waals surface area (Å²) in [5.41, 5.74) is -0.0209. The van der Waals surface area contributed by atoms with Crippen molar-refractivity contribution in [2.75, 3.05) is 0 Å². The van der Waals surface area contributed by atoms with Gasteiger partial charge in [-0.2, -0.15) is 23.4 Å². The van der Waals surface area contributed by atoms with Gasteiger partial charge >= 0.3 is 6.18 Å². The number of nitrogens with one attached hydrogen (secondary N) is 1. The Morgan fingerprint density at radius 1 is 1.36 bits per heavy atom. The summed E-state index contributed by atoms with van der Waals surface area (Å²) in [4.78, 5) is 12.1. The zero-order valence-corrected chi connectivity index (χ0v) is 12.7. The van der Waals surface area contributed by atoms with E-state index >= 15 is 0 Å². The standard InChI is InChI=1S/C12H13ClF3N5O/c1-6-7(5-18-20(6)2)4-17-11(22)9-8(13)10(12(14,15)16)19-21(9)3/h5H,4H2,1-3H3,(H,17,22). The summed E-state index contributed by atoms with van der Waals surface area (Å²) in [5, 5.41) is 9.07. The summed E-state index contributed by atoms with van der Waals surface area (Å²) in [6.07, 6.45) is -3.14. The number of aryl methyl sites for hydroxylation is 2. The lowest BCUT2D eigenvalue weighted by Crippen LogP contribution is -2.25. The van der Waals surface area contributed by atoms with Gasteiger partial charge in [0, 0.05) is 31.9 Å². The van der Waals surface area contributed by atoms with Crippen LogP contribution in [0.4, 0.5) is 13.2 Å². The van der Waals surface area contributed by atoms with E-state index in [4.69, 9.17) is 11.6 Å². The van der Waals surface area contributed by atoms with E-state index in [0.717, 1.165) is 15.9 Å². The predicted molar refractivity (Wildman–Crippen MR) is 72.3 cm³/mol. The monoisotopic (exact) mass is 335 g/mol. The lowest BCUT2D eigenvalue weighted by atomic mass is 10.2. The van der Waals surface area contributed by atoms with Crippen LogP contribution in [0.15, 0.2) is 6.20 Å². The van der Waals surface area contributed by atoms with Crippen molar-refractivity contribution in [1.82, 2.24) is 24.9 Å². The molecule has 0 saturated carbocycles. The second-order valence-electron chi connectivity index (χ2n) is 4.69. The van der Waals surface area contributed by atoms with Gasteiger partial charge in [-0.1, -0.05) is 11.6 Å². The highest BCUT2D eigenvalue weighted by Crippen LogP contribution is 2.35. The van der Waals surface area contributed by atoms with Crippen LogP contribution in [-0.4, -0.2) is 25.5 Å². The number of alkyl halides is 3. The maximum atomic E-state index is 12.7. The molecule has 2 heterocycles. The minimum atomic E-state index is -4.71. The van der Waals surface area contributed by atoms with Gasteiger partial charge in [-0.05, 0) is 6.92 Å². The van der Waals surface area contributed by atoms with Crippen LogP contribution in [0.2, 0.25) is 5.02 Å². The molecule has 1 N–H and O–H groups in total. The molecule has 22 heavy (non-hydrogen) atoms. The highest BCUT2D eigenvalue weighted by atomic mass is 35.5. The molecule has 0 fully saturated rings. The van der Waals surface area contributed by atoms with Crippen molar-refractivity contribution in [3.05, 3.63) is 33.9 Å². The summed E-state index contributed by atoms with van der Waals surface area (Å²) < 4.78 is 40.6. The van der Waals surface area contributed by atoms with Crippen LogP contribution in [0.3, 0.4) is 0 Å². The number of carbonyl (C=O) groups is 1. The van der Waals surface area contributed by atoms with Crippen LogP contribution < -0.4 is 5.32 Å². The normalized spacial score (nSPS) is 11.8. The van der Waals surface area contributed by atoms with E-state index in [2.05, 4.69) is 15.5 Å². The zero-order chi connectivity index (χ0) is 16.7. The molecule has 0 radical (unpaired) electrons. The summed E-state index contributed by atoms with van der Waals surface area (Å²) >= 11 is 5.65. The van der Waals surface area contributed by atoms with Gasteiger partial charge < -0.3 is 5.32 Å². The minimum absolute atomic E-state index is 0.126. The van der Waals surface area contributed by atoms with E-state index in [9.17, 15) is 18.0 Å². The van der Waals surface area contributed by atoms with Gasteiger partial charge in [0.05, 0.1) is 6.20 Å². The summed E-state index contributed by atoms with van der Waals surface area (Å²) in [5.74, 6) is -0.737. The van der Waals surface area contributed by atoms with E-state index in [1.165, 1.54) is 7.05 Å². The highest BCUT2D eigenvalue weighted by molar-refractivity contribution is 6.34. The van der Waals surface area contributed by atoms with Crippen LogP contribution in [0, 0.1) is 6.92 Å². The van der Waals surface area contributed by atoms with Crippen LogP contribution in [0.1, 0.15) is 27.4 Å². The number of amides is 1. The molecule has 0 aliphatic rings. The average molecular weight is 336 g/mol. The van der Waals surface area contributed by atoms with Gasteiger partial charge in [-0.3, -0.25) is 14.2 Å². The Morgan fingerprint density at radius 2 is 2.00 bits per heavy atom. The number of nitrogens with zero attached hydrogens (tertiary/aromatic N) is 4. The second kappa shape index (κ2) is 5.64. The first-order valence-electron chi connectivity index (χ1n) is 6.18. The lowest BCUT2D eigenvalue weighted by molar-refractivity contribution is -0.141. The maximum absolute atomic E-state index is 12.7. The molecule has 0 spiro atoms. The molecule has 2 aromatic rings. The van der Waals surface area contributed by atoms with E-state index < -0.39 is 22.8 Å². The third-order valence-electron chi connectivity index (χ3n) is 3.25. The maximum Gasteiger partial charge on any atom is 0.436 e. The third-order valence-corrected chi connectivity index (χ3v) is 3.61. The molecule has 0 aromatic carbocycles. The van der Waals surface area contributed by atoms with Gasteiger partial charge in [0.25, 0.3) is 5.91 Å². The Bertz CT molecular complexity index is 719. The van der Waals surface area contributed by atoms with Gasteiger partial charge in [0.1, 0.15) is 10.7 Å².